The van der Waals surface area contributed by atoms with E-state index >= 15 is 0 Å². The van der Waals surface area contributed by atoms with E-state index in [0.29, 0.717) is 12.0 Å². The van der Waals surface area contributed by atoms with Gasteiger partial charge in [-0.3, -0.25) is 9.59 Å². The average molecular weight is 337 g/mol. The fourth-order valence-electron chi connectivity index (χ4n) is 3.22. The Balaban J connectivity index is 1.95. The summed E-state index contributed by atoms with van der Waals surface area (Å²) in [7, 11) is 0. The van der Waals surface area contributed by atoms with Gasteiger partial charge in [-0.1, -0.05) is 49.4 Å². The van der Waals surface area contributed by atoms with Gasteiger partial charge in [0.15, 0.2) is 0 Å². The summed E-state index contributed by atoms with van der Waals surface area (Å²) >= 11 is 0. The molecule has 0 aliphatic carbocycles. The number of rotatable bonds is 5. The van der Waals surface area contributed by atoms with Crippen LogP contribution in [-0.2, 0) is 20.8 Å². The third kappa shape index (κ3) is 3.18. The number of anilines is 1. The molecule has 2 amide bonds. The van der Waals surface area contributed by atoms with Gasteiger partial charge in [-0.05, 0) is 23.6 Å². The molecule has 5 heteroatoms. The molecule has 5 nitrogen and oxygen atoms in total. The minimum Gasteiger partial charge on any atom is -0.506 e. The van der Waals surface area contributed by atoms with E-state index in [2.05, 4.69) is 0 Å². The van der Waals surface area contributed by atoms with Crippen molar-refractivity contribution in [3.63, 3.8) is 0 Å². The fourth-order valence-corrected chi connectivity index (χ4v) is 3.22. The summed E-state index contributed by atoms with van der Waals surface area (Å²) in [6, 6.07) is 14.2. The Morgan fingerprint density at radius 3 is 2.56 bits per heavy atom. The smallest absolute Gasteiger partial charge is 0.237 e. The van der Waals surface area contributed by atoms with Crippen molar-refractivity contribution in [2.75, 3.05) is 4.90 Å². The summed E-state index contributed by atoms with van der Waals surface area (Å²) in [5.74, 6) is -1.86. The van der Waals surface area contributed by atoms with Crippen LogP contribution in [0.1, 0.15) is 30.4 Å². The summed E-state index contributed by atoms with van der Waals surface area (Å²) in [5.41, 5.74) is 1.58. The molecule has 3 rings (SSSR count). The number of carbonyl (C=O) groups excluding carboxylic acids is 3. The number of aldehydes is 1. The Morgan fingerprint density at radius 2 is 1.88 bits per heavy atom. The lowest BCUT2D eigenvalue weighted by molar-refractivity contribution is -0.122. The van der Waals surface area contributed by atoms with Crippen molar-refractivity contribution >= 4 is 23.8 Å². The number of hydrogen-bond donors (Lipinski definition) is 1. The molecule has 128 valence electrons. The van der Waals surface area contributed by atoms with Gasteiger partial charge in [0.1, 0.15) is 12.0 Å². The highest BCUT2D eigenvalue weighted by Gasteiger charge is 2.41. The first-order chi connectivity index (χ1) is 12.0. The molecule has 1 aliphatic rings. The van der Waals surface area contributed by atoms with Crippen molar-refractivity contribution in [1.29, 1.82) is 0 Å². The van der Waals surface area contributed by atoms with Crippen molar-refractivity contribution in [2.24, 2.45) is 5.92 Å². The number of amides is 2. The number of nitrogens with zero attached hydrogens (tertiary/aromatic N) is 1. The van der Waals surface area contributed by atoms with Crippen LogP contribution >= 0.6 is 0 Å². The van der Waals surface area contributed by atoms with Gasteiger partial charge in [0.2, 0.25) is 11.8 Å². The van der Waals surface area contributed by atoms with Crippen LogP contribution < -0.4 is 4.90 Å². The van der Waals surface area contributed by atoms with Crippen molar-refractivity contribution in [3.8, 4) is 5.75 Å². The Kier molecular flexibility index (Phi) is 4.65. The van der Waals surface area contributed by atoms with Gasteiger partial charge in [0.05, 0.1) is 11.6 Å². The lowest BCUT2D eigenvalue weighted by Gasteiger charge is -2.21. The molecule has 2 atom stereocenters. The molecule has 0 spiro atoms. The first-order valence-corrected chi connectivity index (χ1v) is 8.20. The van der Waals surface area contributed by atoms with E-state index in [9.17, 15) is 19.5 Å². The van der Waals surface area contributed by atoms with Crippen LogP contribution in [0.25, 0.3) is 0 Å². The Bertz CT molecular complexity index is 816. The molecule has 0 radical (unpaired) electrons. The third-order valence-electron chi connectivity index (χ3n) is 4.53. The van der Waals surface area contributed by atoms with Crippen LogP contribution in [0.4, 0.5) is 5.69 Å². The van der Waals surface area contributed by atoms with Gasteiger partial charge in [-0.15, -0.1) is 0 Å². The topological polar surface area (TPSA) is 74.7 Å². The van der Waals surface area contributed by atoms with Crippen molar-refractivity contribution in [1.82, 2.24) is 0 Å². The molecule has 1 aliphatic heterocycles. The predicted octanol–water partition coefficient (Wildman–Crippen LogP) is 2.82. The molecule has 0 aromatic heterocycles. The number of aromatic hydroxyl groups is 1. The lowest BCUT2D eigenvalue weighted by Crippen LogP contribution is -2.32. The molecular weight excluding hydrogens is 318 g/mol. The molecule has 2 aromatic rings. The van der Waals surface area contributed by atoms with E-state index in [0.717, 1.165) is 16.7 Å². The van der Waals surface area contributed by atoms with Crippen molar-refractivity contribution in [2.45, 2.75) is 25.7 Å². The highest BCUT2D eigenvalue weighted by Crippen LogP contribution is 2.39. The maximum Gasteiger partial charge on any atom is 0.237 e. The molecule has 2 unspecified atom stereocenters. The Morgan fingerprint density at radius 1 is 1.16 bits per heavy atom. The van der Waals surface area contributed by atoms with Crippen LogP contribution in [0, 0.1) is 5.92 Å². The first kappa shape index (κ1) is 16.9. The second-order valence-electron chi connectivity index (χ2n) is 6.30. The normalized spacial score (nSPS) is 18.4. The van der Waals surface area contributed by atoms with Crippen LogP contribution in [0.2, 0.25) is 0 Å². The second kappa shape index (κ2) is 6.89. The second-order valence-corrected chi connectivity index (χ2v) is 6.30. The predicted molar refractivity (Wildman–Crippen MR) is 93.3 cm³/mol. The first-order valence-electron chi connectivity index (χ1n) is 8.20. The van der Waals surface area contributed by atoms with Gasteiger partial charge in [0.25, 0.3) is 0 Å². The van der Waals surface area contributed by atoms with Gasteiger partial charge in [-0.2, -0.15) is 0 Å². The molecule has 1 saturated heterocycles. The van der Waals surface area contributed by atoms with E-state index < -0.39 is 11.8 Å². The standard InChI is InChI=1S/C20H19NO4/c1-13(12-22)16-8-5-9-17(23)19(16)21-18(24)11-15(20(21)25)10-14-6-3-2-4-7-14/h2-9,12-13,15,23H,10-11H2,1H3. The van der Waals surface area contributed by atoms with Gasteiger partial charge >= 0.3 is 0 Å². The van der Waals surface area contributed by atoms with Gasteiger partial charge in [-0.25, -0.2) is 4.90 Å². The minimum absolute atomic E-state index is 0.0942. The molecule has 1 N–H and O–H groups in total. The zero-order valence-corrected chi connectivity index (χ0v) is 13.9. The minimum atomic E-state index is -0.532. The largest absolute Gasteiger partial charge is 0.506 e. The quantitative estimate of drug-likeness (QED) is 0.672. The third-order valence-corrected chi connectivity index (χ3v) is 4.53. The van der Waals surface area contributed by atoms with Gasteiger partial charge in [0, 0.05) is 12.3 Å². The number of para-hydroxylation sites is 1. The monoisotopic (exact) mass is 337 g/mol. The maximum absolute atomic E-state index is 12.8. The van der Waals surface area contributed by atoms with Crippen LogP contribution in [0.5, 0.6) is 5.75 Å². The number of carbonyl (C=O) groups is 3. The van der Waals surface area contributed by atoms with Crippen LogP contribution in [-0.4, -0.2) is 23.2 Å². The summed E-state index contributed by atoms with van der Waals surface area (Å²) < 4.78 is 0. The molecule has 25 heavy (non-hydrogen) atoms. The van der Waals surface area contributed by atoms with E-state index in [4.69, 9.17) is 0 Å². The number of imide groups is 1. The summed E-state index contributed by atoms with van der Waals surface area (Å²) in [5, 5.41) is 10.2. The molecule has 0 saturated carbocycles. The van der Waals surface area contributed by atoms with E-state index in [1.54, 1.807) is 19.1 Å². The van der Waals surface area contributed by atoms with E-state index in [-0.39, 0.29) is 29.7 Å². The van der Waals surface area contributed by atoms with Crippen LogP contribution in [0.3, 0.4) is 0 Å². The Hall–Kier alpha value is -2.95. The van der Waals surface area contributed by atoms with Crippen LogP contribution in [0.15, 0.2) is 48.5 Å². The number of benzene rings is 2. The molecule has 1 fully saturated rings. The number of phenolic OH excluding ortho intramolecular Hbond substituents is 1. The zero-order valence-electron chi connectivity index (χ0n) is 13.9. The van der Waals surface area contributed by atoms with E-state index in [1.165, 1.54) is 6.07 Å². The van der Waals surface area contributed by atoms with Crippen molar-refractivity contribution < 1.29 is 19.5 Å². The highest BCUT2D eigenvalue weighted by atomic mass is 16.3. The lowest BCUT2D eigenvalue weighted by atomic mass is 9.97. The average Bonchev–Trinajstić information content (AvgIpc) is 2.88. The molecular formula is C20H19NO4. The SMILES string of the molecule is CC(C=O)c1cccc(O)c1N1C(=O)CC(Cc2ccccc2)C1=O. The number of phenols is 1. The van der Waals surface area contributed by atoms with E-state index in [1.807, 2.05) is 30.3 Å². The van der Waals surface area contributed by atoms with Crippen molar-refractivity contribution in [3.05, 3.63) is 59.7 Å². The summed E-state index contributed by atoms with van der Waals surface area (Å²) in [6.07, 6.45) is 1.29. The van der Waals surface area contributed by atoms with Gasteiger partial charge < -0.3 is 9.90 Å². The fraction of sp³-hybridized carbons (Fsp3) is 0.250. The maximum atomic E-state index is 12.8. The summed E-state index contributed by atoms with van der Waals surface area (Å²) in [6.45, 7) is 1.66. The highest BCUT2D eigenvalue weighted by molar-refractivity contribution is 6.22. The number of hydrogen-bond acceptors (Lipinski definition) is 4. The molecule has 0 bridgehead atoms. The Labute approximate surface area is 145 Å². The molecule has 1 heterocycles. The summed E-state index contributed by atoms with van der Waals surface area (Å²) in [4.78, 5) is 37.6. The zero-order chi connectivity index (χ0) is 18.0. The molecule has 2 aromatic carbocycles.